The Morgan fingerprint density at radius 3 is 2.46 bits per heavy atom. The first-order valence-electron chi connectivity index (χ1n) is 8.06. The van der Waals surface area contributed by atoms with E-state index in [0.29, 0.717) is 0 Å². The van der Waals surface area contributed by atoms with Gasteiger partial charge in [0.2, 0.25) is 0 Å². The normalized spacial score (nSPS) is 13.0. The highest BCUT2D eigenvalue weighted by Gasteiger charge is 2.28. The molecule has 0 spiro atoms. The number of carbonyl (C=O) groups excluding carboxylic acids is 1. The zero-order chi connectivity index (χ0) is 16.7. The van der Waals surface area contributed by atoms with Crippen LogP contribution in [0.15, 0.2) is 60.8 Å². The zero-order valence-corrected chi connectivity index (χ0v) is 13.6. The van der Waals surface area contributed by atoms with E-state index in [1.54, 1.807) is 4.68 Å². The average Bonchev–Trinajstić information content (AvgIpc) is 3.20. The van der Waals surface area contributed by atoms with Gasteiger partial charge in [-0.25, -0.2) is 4.68 Å². The molecule has 24 heavy (non-hydrogen) atoms. The fourth-order valence-electron chi connectivity index (χ4n) is 3.06. The standard InChI is InChI=1S/C19H18N4O/c1-13(2)18(24)19(22-12-11-14-7-3-5-9-16(14)22)23-17-10-6-4-8-15(17)20-21-23/h3-13,19H,1-2H3. The monoisotopic (exact) mass is 318 g/mol. The topological polar surface area (TPSA) is 52.7 Å². The summed E-state index contributed by atoms with van der Waals surface area (Å²) in [4.78, 5) is 13.0. The fourth-order valence-corrected chi connectivity index (χ4v) is 3.06. The van der Waals surface area contributed by atoms with Crippen LogP contribution in [0.1, 0.15) is 20.0 Å². The molecule has 0 fully saturated rings. The van der Waals surface area contributed by atoms with E-state index in [1.807, 2.05) is 79.2 Å². The van der Waals surface area contributed by atoms with E-state index < -0.39 is 6.17 Å². The Hall–Kier alpha value is -2.95. The molecule has 2 aromatic carbocycles. The summed E-state index contributed by atoms with van der Waals surface area (Å²) in [6.45, 7) is 3.83. The Bertz CT molecular complexity index is 954. The molecule has 0 saturated carbocycles. The number of aromatic nitrogens is 4. The average molecular weight is 318 g/mol. The van der Waals surface area contributed by atoms with Crippen molar-refractivity contribution in [3.8, 4) is 0 Å². The fraction of sp³-hybridized carbons (Fsp3) is 0.211. The highest BCUT2D eigenvalue weighted by molar-refractivity contribution is 5.89. The largest absolute Gasteiger partial charge is 0.318 e. The first kappa shape index (κ1) is 14.6. The van der Waals surface area contributed by atoms with Gasteiger partial charge >= 0.3 is 0 Å². The summed E-state index contributed by atoms with van der Waals surface area (Å²) in [6, 6.07) is 17.8. The first-order valence-corrected chi connectivity index (χ1v) is 8.06. The third-order valence-electron chi connectivity index (χ3n) is 4.33. The number of Topliss-reactive ketones (excluding diaryl/α,β-unsaturated/α-hetero) is 1. The maximum Gasteiger partial charge on any atom is 0.188 e. The Morgan fingerprint density at radius 1 is 0.958 bits per heavy atom. The minimum absolute atomic E-state index is 0.104. The molecule has 4 aromatic rings. The lowest BCUT2D eigenvalue weighted by atomic mass is 10.1. The molecule has 1 atom stereocenters. The van der Waals surface area contributed by atoms with Crippen molar-refractivity contribution < 1.29 is 4.79 Å². The number of fused-ring (bicyclic) bond motifs is 2. The molecule has 0 aliphatic heterocycles. The van der Waals surface area contributed by atoms with Gasteiger partial charge in [0.25, 0.3) is 0 Å². The summed E-state index contributed by atoms with van der Waals surface area (Å²) in [6.07, 6.45) is 1.41. The summed E-state index contributed by atoms with van der Waals surface area (Å²) in [5.41, 5.74) is 2.65. The molecule has 0 radical (unpaired) electrons. The highest BCUT2D eigenvalue weighted by Crippen LogP contribution is 2.26. The van der Waals surface area contributed by atoms with Crippen molar-refractivity contribution in [2.24, 2.45) is 5.92 Å². The van der Waals surface area contributed by atoms with Gasteiger partial charge in [-0.3, -0.25) is 4.79 Å². The van der Waals surface area contributed by atoms with Crippen molar-refractivity contribution >= 4 is 27.7 Å². The van der Waals surface area contributed by atoms with Gasteiger partial charge in [-0.2, -0.15) is 0 Å². The van der Waals surface area contributed by atoms with E-state index in [-0.39, 0.29) is 11.7 Å². The van der Waals surface area contributed by atoms with Crippen molar-refractivity contribution in [2.45, 2.75) is 20.0 Å². The van der Waals surface area contributed by atoms with Crippen LogP contribution in [-0.2, 0) is 4.79 Å². The van der Waals surface area contributed by atoms with Crippen molar-refractivity contribution in [2.75, 3.05) is 0 Å². The molecule has 0 amide bonds. The van der Waals surface area contributed by atoms with Gasteiger partial charge in [0.05, 0.1) is 11.0 Å². The second-order valence-corrected chi connectivity index (χ2v) is 6.24. The Balaban J connectivity index is 1.97. The molecule has 0 aliphatic rings. The molecule has 0 bridgehead atoms. The van der Waals surface area contributed by atoms with Gasteiger partial charge in [-0.1, -0.05) is 49.4 Å². The maximum absolute atomic E-state index is 13.0. The minimum Gasteiger partial charge on any atom is -0.318 e. The van der Waals surface area contributed by atoms with Crippen LogP contribution in [0.3, 0.4) is 0 Å². The molecule has 0 saturated heterocycles. The van der Waals surface area contributed by atoms with E-state index in [2.05, 4.69) is 10.3 Å². The smallest absolute Gasteiger partial charge is 0.188 e. The van der Waals surface area contributed by atoms with E-state index in [0.717, 1.165) is 21.9 Å². The lowest BCUT2D eigenvalue weighted by molar-refractivity contribution is -0.126. The maximum atomic E-state index is 13.0. The second kappa shape index (κ2) is 5.60. The number of hydrogen-bond acceptors (Lipinski definition) is 3. The molecule has 0 aliphatic carbocycles. The second-order valence-electron chi connectivity index (χ2n) is 6.24. The predicted octanol–water partition coefficient (Wildman–Crippen LogP) is 3.66. The van der Waals surface area contributed by atoms with Crippen LogP contribution in [0.4, 0.5) is 0 Å². The summed E-state index contributed by atoms with van der Waals surface area (Å²) in [5.74, 6) is -0.00821. The van der Waals surface area contributed by atoms with Crippen molar-refractivity contribution in [3.05, 3.63) is 60.8 Å². The number of hydrogen-bond donors (Lipinski definition) is 0. The molecule has 1 unspecified atom stereocenters. The molecular formula is C19H18N4O. The molecule has 2 heterocycles. The summed E-state index contributed by atoms with van der Waals surface area (Å²) < 4.78 is 3.71. The van der Waals surface area contributed by atoms with Gasteiger partial charge in [0.15, 0.2) is 11.9 Å². The Morgan fingerprint density at radius 2 is 1.67 bits per heavy atom. The van der Waals surface area contributed by atoms with Crippen molar-refractivity contribution in [3.63, 3.8) is 0 Å². The Labute approximate surface area is 139 Å². The van der Waals surface area contributed by atoms with Crippen LogP contribution in [0.2, 0.25) is 0 Å². The number of carbonyl (C=O) groups is 1. The van der Waals surface area contributed by atoms with Crippen molar-refractivity contribution in [1.29, 1.82) is 0 Å². The third-order valence-corrected chi connectivity index (χ3v) is 4.33. The highest BCUT2D eigenvalue weighted by atomic mass is 16.1. The molecule has 0 N–H and O–H groups in total. The summed E-state index contributed by atoms with van der Waals surface area (Å²) in [7, 11) is 0. The number of ketones is 1. The van der Waals surface area contributed by atoms with Gasteiger partial charge < -0.3 is 4.57 Å². The van der Waals surface area contributed by atoms with Crippen LogP contribution in [0.5, 0.6) is 0 Å². The quantitative estimate of drug-likeness (QED) is 0.577. The number of benzene rings is 2. The SMILES string of the molecule is CC(C)C(=O)C(n1ccc2ccccc21)n1nnc2ccccc21. The van der Waals surface area contributed by atoms with E-state index in [1.165, 1.54) is 0 Å². The number of nitrogens with zero attached hydrogens (tertiary/aromatic N) is 4. The van der Waals surface area contributed by atoms with E-state index in [9.17, 15) is 4.79 Å². The molecule has 2 aromatic heterocycles. The van der Waals surface area contributed by atoms with E-state index >= 15 is 0 Å². The Kier molecular flexibility index (Phi) is 3.41. The van der Waals surface area contributed by atoms with Gasteiger partial charge in [-0.15, -0.1) is 5.10 Å². The lowest BCUT2D eigenvalue weighted by Crippen LogP contribution is -2.30. The molecule has 120 valence electrons. The zero-order valence-electron chi connectivity index (χ0n) is 13.6. The molecule has 4 rings (SSSR count). The molecule has 5 nitrogen and oxygen atoms in total. The van der Waals surface area contributed by atoms with Crippen LogP contribution >= 0.6 is 0 Å². The van der Waals surface area contributed by atoms with Crippen LogP contribution in [-0.4, -0.2) is 25.3 Å². The van der Waals surface area contributed by atoms with Gasteiger partial charge in [0, 0.05) is 12.1 Å². The summed E-state index contributed by atoms with van der Waals surface area (Å²) >= 11 is 0. The number of para-hydroxylation sites is 2. The molecular weight excluding hydrogens is 300 g/mol. The predicted molar refractivity (Wildman–Crippen MR) is 93.7 cm³/mol. The van der Waals surface area contributed by atoms with Crippen molar-refractivity contribution in [1.82, 2.24) is 19.6 Å². The lowest BCUT2D eigenvalue weighted by Gasteiger charge is -2.21. The number of rotatable bonds is 4. The van der Waals surface area contributed by atoms with Crippen LogP contribution < -0.4 is 0 Å². The first-order chi connectivity index (χ1) is 11.7. The minimum atomic E-state index is -0.544. The van der Waals surface area contributed by atoms with E-state index in [4.69, 9.17) is 0 Å². The molecule has 5 heteroatoms. The van der Waals surface area contributed by atoms with Gasteiger partial charge in [0.1, 0.15) is 5.52 Å². The van der Waals surface area contributed by atoms with Gasteiger partial charge in [-0.05, 0) is 29.7 Å². The summed E-state index contributed by atoms with van der Waals surface area (Å²) in [5, 5.41) is 9.61. The third kappa shape index (κ3) is 2.21. The van der Waals surface area contributed by atoms with Crippen LogP contribution in [0, 0.1) is 5.92 Å². The van der Waals surface area contributed by atoms with Crippen LogP contribution in [0.25, 0.3) is 21.9 Å².